The highest BCUT2D eigenvalue weighted by Gasteiger charge is 2.52. The van der Waals surface area contributed by atoms with Crippen LogP contribution in [-0.2, 0) is 22.5 Å². The van der Waals surface area contributed by atoms with E-state index in [1.54, 1.807) is 32.4 Å². The van der Waals surface area contributed by atoms with Gasteiger partial charge < -0.3 is 29.4 Å². The zero-order chi connectivity index (χ0) is 31.4. The van der Waals surface area contributed by atoms with Crippen LogP contribution in [-0.4, -0.2) is 56.4 Å². The first-order valence-corrected chi connectivity index (χ1v) is 14.3. The van der Waals surface area contributed by atoms with Gasteiger partial charge >= 0.3 is 0 Å². The zero-order valence-electron chi connectivity index (χ0n) is 24.9. The molecule has 0 radical (unpaired) electrons. The lowest BCUT2D eigenvalue weighted by Crippen LogP contribution is -2.48. The number of amides is 1. The van der Waals surface area contributed by atoms with Gasteiger partial charge in [0.05, 0.1) is 27.4 Å². The molecule has 3 aromatic rings. The van der Waals surface area contributed by atoms with Crippen LogP contribution in [0.5, 0.6) is 17.2 Å². The van der Waals surface area contributed by atoms with E-state index in [1.807, 2.05) is 54.6 Å². The Morgan fingerprint density at radius 2 is 1.91 bits per heavy atom. The molecule has 0 aromatic heterocycles. The number of hydrogen-bond donors (Lipinski definition) is 2. The largest absolute Gasteiger partial charge is 0.497 e. The second-order valence-electron chi connectivity index (χ2n) is 10.1. The first-order chi connectivity index (χ1) is 21.5. The maximum absolute atomic E-state index is 14.2. The Bertz CT molecular complexity index is 1520. The van der Waals surface area contributed by atoms with Gasteiger partial charge in [-0.1, -0.05) is 35.5 Å². The number of aliphatic hydroxyl groups excluding tert-OH is 1. The summed E-state index contributed by atoms with van der Waals surface area (Å²) in [7, 11) is 3.20. The van der Waals surface area contributed by atoms with Crippen LogP contribution in [0.3, 0.4) is 0 Å². The summed E-state index contributed by atoms with van der Waals surface area (Å²) in [4.78, 5) is 22.0. The fraction of sp³-hybridized carbons (Fsp3) is 0.333. The normalized spacial score (nSPS) is 17.1. The summed E-state index contributed by atoms with van der Waals surface area (Å²) >= 11 is 0. The van der Waals surface area contributed by atoms with Crippen LogP contribution in [0, 0.1) is 0 Å². The highest BCUT2D eigenvalue weighted by atomic mass is 16.5. The number of aliphatic hydroxyl groups is 1. The third-order valence-electron chi connectivity index (χ3n) is 7.29. The fourth-order valence-electron chi connectivity index (χ4n) is 5.10. The van der Waals surface area contributed by atoms with Gasteiger partial charge in [-0.3, -0.25) is 4.79 Å². The van der Waals surface area contributed by atoms with Gasteiger partial charge in [0.15, 0.2) is 11.6 Å². The summed E-state index contributed by atoms with van der Waals surface area (Å²) in [6, 6.07) is 20.1. The van der Waals surface area contributed by atoms with E-state index in [0.29, 0.717) is 60.3 Å². The van der Waals surface area contributed by atoms with Crippen LogP contribution in [0.15, 0.2) is 89.5 Å². The van der Waals surface area contributed by atoms with Crippen LogP contribution < -0.4 is 19.5 Å². The summed E-state index contributed by atoms with van der Waals surface area (Å²) in [5.74, 6) is 1.98. The third-order valence-corrected chi connectivity index (χ3v) is 7.29. The van der Waals surface area contributed by atoms with Crippen molar-refractivity contribution in [2.45, 2.75) is 37.5 Å². The summed E-state index contributed by atoms with van der Waals surface area (Å²) in [6.07, 6.45) is 2.03. The SMILES string of the molecule is C=CC[C@@]1(C(=O)NCCc2cc(OC)ccc2OC)N=C(c2ccc(OCCCO)cc2)O[C@@H]1c1ccccc1CN=[N+]=[N-]. The van der Waals surface area contributed by atoms with E-state index in [1.165, 1.54) is 0 Å². The van der Waals surface area contributed by atoms with Crippen molar-refractivity contribution < 1.29 is 28.8 Å². The number of aliphatic imine (C=N–C) groups is 1. The molecule has 0 fully saturated rings. The van der Waals surface area contributed by atoms with Gasteiger partial charge in [-0.25, -0.2) is 4.99 Å². The number of ether oxygens (including phenoxy) is 4. The van der Waals surface area contributed by atoms with Crippen LogP contribution in [0.4, 0.5) is 0 Å². The van der Waals surface area contributed by atoms with E-state index < -0.39 is 11.6 Å². The molecule has 3 aromatic carbocycles. The predicted octanol–water partition coefficient (Wildman–Crippen LogP) is 5.47. The Morgan fingerprint density at radius 3 is 2.61 bits per heavy atom. The molecular weight excluding hydrogens is 562 g/mol. The average molecular weight is 600 g/mol. The molecule has 1 heterocycles. The lowest BCUT2D eigenvalue weighted by Gasteiger charge is -2.30. The monoisotopic (exact) mass is 599 g/mol. The van der Waals surface area contributed by atoms with E-state index >= 15 is 0 Å². The highest BCUT2D eigenvalue weighted by Crippen LogP contribution is 2.44. The number of hydrogen-bond acceptors (Lipinski definition) is 8. The number of rotatable bonds is 16. The Labute approximate surface area is 256 Å². The maximum Gasteiger partial charge on any atom is 0.252 e. The predicted molar refractivity (Wildman–Crippen MR) is 167 cm³/mol. The molecule has 44 heavy (non-hydrogen) atoms. The second-order valence-corrected chi connectivity index (χ2v) is 10.1. The van der Waals surface area contributed by atoms with Crippen molar-refractivity contribution in [3.63, 3.8) is 0 Å². The molecule has 0 unspecified atom stereocenters. The van der Waals surface area contributed by atoms with Crippen LogP contribution in [0.25, 0.3) is 10.4 Å². The molecule has 230 valence electrons. The van der Waals surface area contributed by atoms with Crippen molar-refractivity contribution >= 4 is 11.8 Å². The van der Waals surface area contributed by atoms with E-state index in [9.17, 15) is 4.79 Å². The van der Waals surface area contributed by atoms with Gasteiger partial charge in [0.25, 0.3) is 5.91 Å². The number of carbonyl (C=O) groups excluding carboxylic acids is 1. The standard InChI is InChI=1S/C33H37N5O6/c1-4-17-33(32(40)35-18-16-24-21-27(41-2)14-15-29(24)42-3)30(28-9-6-5-8-25(28)22-36-38-34)44-31(37-33)23-10-12-26(13-11-23)43-20-7-19-39/h4-6,8-15,21,30,39H,1,7,16-20,22H2,2-3H3,(H,35,40)/t30-,33-/m1/s1. The molecular formula is C33H37N5O6. The van der Waals surface area contributed by atoms with Gasteiger partial charge in [-0.05, 0) is 71.1 Å². The van der Waals surface area contributed by atoms with Crippen LogP contribution >= 0.6 is 0 Å². The number of methoxy groups -OCH3 is 2. The number of nitrogens with one attached hydrogen (secondary N) is 1. The van der Waals surface area contributed by atoms with Crippen molar-refractivity contribution in [1.82, 2.24) is 5.32 Å². The fourth-order valence-corrected chi connectivity index (χ4v) is 5.10. The zero-order valence-corrected chi connectivity index (χ0v) is 24.9. The Hall–Kier alpha value is -4.99. The van der Waals surface area contributed by atoms with Crippen molar-refractivity contribution in [2.75, 3.05) is 34.0 Å². The first kappa shape index (κ1) is 31.9. The number of azide groups is 1. The Kier molecular flexibility index (Phi) is 11.2. The number of carbonyl (C=O) groups is 1. The van der Waals surface area contributed by atoms with E-state index in [4.69, 9.17) is 34.6 Å². The minimum atomic E-state index is -1.39. The van der Waals surface area contributed by atoms with Crippen molar-refractivity contribution in [1.29, 1.82) is 0 Å². The minimum Gasteiger partial charge on any atom is -0.497 e. The quantitative estimate of drug-likeness (QED) is 0.0734. The second kappa shape index (κ2) is 15.5. The first-order valence-electron chi connectivity index (χ1n) is 14.3. The summed E-state index contributed by atoms with van der Waals surface area (Å²) in [5.41, 5.74) is 10.6. The lowest BCUT2D eigenvalue weighted by atomic mass is 9.82. The molecule has 2 atom stereocenters. The van der Waals surface area contributed by atoms with E-state index in [2.05, 4.69) is 21.9 Å². The van der Waals surface area contributed by atoms with Gasteiger partial charge in [-0.2, -0.15) is 0 Å². The van der Waals surface area contributed by atoms with Gasteiger partial charge in [-0.15, -0.1) is 6.58 Å². The van der Waals surface area contributed by atoms with Gasteiger partial charge in [0.2, 0.25) is 5.90 Å². The third kappa shape index (κ3) is 7.31. The highest BCUT2D eigenvalue weighted by molar-refractivity contribution is 6.01. The lowest BCUT2D eigenvalue weighted by molar-refractivity contribution is -0.128. The summed E-state index contributed by atoms with van der Waals surface area (Å²) < 4.78 is 23.0. The number of nitrogens with zero attached hydrogens (tertiary/aromatic N) is 4. The van der Waals surface area contributed by atoms with E-state index in [-0.39, 0.29) is 25.5 Å². The molecule has 0 saturated heterocycles. The number of benzene rings is 3. The molecule has 1 amide bonds. The molecule has 0 bridgehead atoms. The molecule has 0 aliphatic carbocycles. The summed E-state index contributed by atoms with van der Waals surface area (Å²) in [6.45, 7) is 4.76. The topological polar surface area (TPSA) is 147 Å². The Morgan fingerprint density at radius 1 is 1.14 bits per heavy atom. The molecule has 11 nitrogen and oxygen atoms in total. The molecule has 2 N–H and O–H groups in total. The van der Waals surface area contributed by atoms with Crippen molar-refractivity contribution in [2.24, 2.45) is 10.1 Å². The van der Waals surface area contributed by atoms with Crippen LogP contribution in [0.1, 0.15) is 41.2 Å². The van der Waals surface area contributed by atoms with Crippen molar-refractivity contribution in [3.8, 4) is 17.2 Å². The smallest absolute Gasteiger partial charge is 0.252 e. The average Bonchev–Trinajstić information content (AvgIpc) is 3.44. The van der Waals surface area contributed by atoms with Gasteiger partial charge in [0, 0.05) is 36.5 Å². The minimum absolute atomic E-state index is 0.0474. The van der Waals surface area contributed by atoms with E-state index in [0.717, 1.165) is 11.1 Å². The van der Waals surface area contributed by atoms with Crippen LogP contribution in [0.2, 0.25) is 0 Å². The Balaban J connectivity index is 1.68. The van der Waals surface area contributed by atoms with Gasteiger partial charge in [0.1, 0.15) is 17.2 Å². The maximum atomic E-state index is 14.2. The molecule has 1 aliphatic rings. The molecule has 4 rings (SSSR count). The molecule has 0 spiro atoms. The summed E-state index contributed by atoms with van der Waals surface area (Å²) in [5, 5.41) is 15.9. The molecule has 11 heteroatoms. The molecule has 0 saturated carbocycles. The van der Waals surface area contributed by atoms with Crippen molar-refractivity contribution in [3.05, 3.63) is 112 Å². The molecule has 1 aliphatic heterocycles.